The number of nitrogens with zero attached hydrogens (tertiary/aromatic N) is 5. The molecule has 0 radical (unpaired) electrons. The van der Waals surface area contributed by atoms with Gasteiger partial charge < -0.3 is 9.74 Å². The van der Waals surface area contributed by atoms with Gasteiger partial charge in [-0.15, -0.1) is 11.3 Å². The summed E-state index contributed by atoms with van der Waals surface area (Å²) in [4.78, 5) is 24.5. The quantitative estimate of drug-likeness (QED) is 0.328. The number of benzene rings is 1. The van der Waals surface area contributed by atoms with E-state index in [4.69, 9.17) is 4.84 Å². The van der Waals surface area contributed by atoms with Crippen LogP contribution in [0.4, 0.5) is 13.2 Å². The second-order valence-electron chi connectivity index (χ2n) is 8.48. The molecule has 2 aromatic heterocycles. The molecule has 3 heterocycles. The van der Waals surface area contributed by atoms with Gasteiger partial charge in [0.2, 0.25) is 5.91 Å². The summed E-state index contributed by atoms with van der Waals surface area (Å²) in [6.45, 7) is 4.29. The predicted molar refractivity (Wildman–Crippen MR) is 126 cm³/mol. The lowest BCUT2D eigenvalue weighted by molar-refractivity contribution is -0.142. The number of hydrogen-bond donors (Lipinski definition) is 0. The van der Waals surface area contributed by atoms with Crippen molar-refractivity contribution in [1.29, 1.82) is 0 Å². The van der Waals surface area contributed by atoms with Gasteiger partial charge in [0.15, 0.2) is 5.69 Å². The monoisotopic (exact) mass is 505 g/mol. The maximum Gasteiger partial charge on any atom is 0.435 e. The Labute approximate surface area is 205 Å². The summed E-state index contributed by atoms with van der Waals surface area (Å²) in [5.74, 6) is -0.0151. The van der Waals surface area contributed by atoms with E-state index in [0.717, 1.165) is 39.9 Å². The summed E-state index contributed by atoms with van der Waals surface area (Å²) in [5, 5.41) is 10.5. The average molecular weight is 506 g/mol. The van der Waals surface area contributed by atoms with Crippen molar-refractivity contribution in [2.45, 2.75) is 51.4 Å². The lowest BCUT2D eigenvalue weighted by Gasteiger charge is -2.31. The molecule has 0 saturated carbocycles. The maximum absolute atomic E-state index is 12.9. The van der Waals surface area contributed by atoms with Gasteiger partial charge >= 0.3 is 6.18 Å². The molecule has 35 heavy (non-hydrogen) atoms. The van der Waals surface area contributed by atoms with Crippen molar-refractivity contribution >= 4 is 23.5 Å². The molecule has 1 unspecified atom stereocenters. The van der Waals surface area contributed by atoms with Gasteiger partial charge in [0.25, 0.3) is 0 Å². The summed E-state index contributed by atoms with van der Waals surface area (Å²) in [6.07, 6.45) is -1.62. The third-order valence-corrected chi connectivity index (χ3v) is 6.99. The first-order valence-electron chi connectivity index (χ1n) is 11.3. The number of carbonyl (C=O) groups excluding carboxylic acids is 1. The molecule has 1 aliphatic rings. The van der Waals surface area contributed by atoms with Gasteiger partial charge in [-0.2, -0.15) is 18.3 Å². The number of amides is 1. The maximum atomic E-state index is 12.9. The smallest absolute Gasteiger partial charge is 0.388 e. The van der Waals surface area contributed by atoms with E-state index in [1.807, 2.05) is 42.6 Å². The number of halogens is 3. The number of alkyl halides is 3. The Bertz CT molecular complexity index is 1170. The molecule has 1 atom stereocenters. The third kappa shape index (κ3) is 6.27. The number of likely N-dealkylation sites (tertiary alicyclic amines) is 1. The molecule has 1 aliphatic heterocycles. The largest absolute Gasteiger partial charge is 0.435 e. The van der Waals surface area contributed by atoms with Crippen LogP contribution in [-0.2, 0) is 22.4 Å². The second kappa shape index (κ2) is 10.6. The number of aryl methyl sites for hydroxylation is 1. The molecule has 0 spiro atoms. The van der Waals surface area contributed by atoms with E-state index < -0.39 is 11.9 Å². The first-order valence-corrected chi connectivity index (χ1v) is 12.2. The molecular weight excluding hydrogens is 479 g/mol. The van der Waals surface area contributed by atoms with Crippen LogP contribution in [0.2, 0.25) is 0 Å². The van der Waals surface area contributed by atoms with Crippen molar-refractivity contribution in [3.63, 3.8) is 0 Å². The molecule has 1 saturated heterocycles. The molecule has 1 amide bonds. The molecule has 3 aromatic rings. The molecule has 0 aliphatic carbocycles. The van der Waals surface area contributed by atoms with Gasteiger partial charge in [0.05, 0.1) is 16.9 Å². The van der Waals surface area contributed by atoms with Crippen LogP contribution in [0, 0.1) is 6.92 Å². The lowest BCUT2D eigenvalue weighted by atomic mass is 9.97. The Kier molecular flexibility index (Phi) is 7.54. The summed E-state index contributed by atoms with van der Waals surface area (Å²) in [6, 6.07) is 10.8. The van der Waals surface area contributed by atoms with Crippen molar-refractivity contribution < 1.29 is 22.8 Å². The SMILES string of the molecule is Cc1cc(C(F)(F)F)nn1CC(=O)N1CCC(c2nc(/C=N/OC(C)c3ccccc3)cs2)CC1. The number of oxime groups is 1. The van der Waals surface area contributed by atoms with Crippen molar-refractivity contribution in [2.75, 3.05) is 13.1 Å². The van der Waals surface area contributed by atoms with Crippen LogP contribution in [0.1, 0.15) is 59.4 Å². The minimum Gasteiger partial charge on any atom is -0.388 e. The van der Waals surface area contributed by atoms with Gasteiger partial charge in [-0.05, 0) is 38.3 Å². The van der Waals surface area contributed by atoms with E-state index in [1.165, 1.54) is 6.92 Å². The molecule has 0 N–H and O–H groups in total. The van der Waals surface area contributed by atoms with Crippen LogP contribution >= 0.6 is 11.3 Å². The van der Waals surface area contributed by atoms with E-state index in [-0.39, 0.29) is 24.5 Å². The fraction of sp³-hybridized carbons (Fsp3) is 0.417. The number of piperidine rings is 1. The molecule has 1 aromatic carbocycles. The predicted octanol–water partition coefficient (Wildman–Crippen LogP) is 5.18. The summed E-state index contributed by atoms with van der Waals surface area (Å²) in [7, 11) is 0. The van der Waals surface area contributed by atoms with Gasteiger partial charge in [-0.3, -0.25) is 9.48 Å². The van der Waals surface area contributed by atoms with Crippen molar-refractivity contribution in [1.82, 2.24) is 19.7 Å². The first-order chi connectivity index (χ1) is 16.7. The first kappa shape index (κ1) is 24.9. The minimum atomic E-state index is -4.53. The van der Waals surface area contributed by atoms with Gasteiger partial charge in [0.1, 0.15) is 12.6 Å². The third-order valence-electron chi connectivity index (χ3n) is 5.97. The molecular formula is C24H26F3N5O2S. The van der Waals surface area contributed by atoms with Crippen LogP contribution < -0.4 is 0 Å². The molecule has 186 valence electrons. The standard InChI is InChI=1S/C24H26F3N5O2S/c1-16-12-21(24(25,26)27)30-32(16)14-22(33)31-10-8-19(9-11-31)23-29-20(15-35-23)13-28-34-17(2)18-6-4-3-5-7-18/h3-7,12-13,15,17,19H,8-11,14H2,1-2H3/b28-13+. The highest BCUT2D eigenvalue weighted by Crippen LogP contribution is 2.31. The van der Waals surface area contributed by atoms with Crippen LogP contribution in [0.15, 0.2) is 46.9 Å². The van der Waals surface area contributed by atoms with Gasteiger partial charge in [-0.25, -0.2) is 4.98 Å². The zero-order valence-corrected chi connectivity index (χ0v) is 20.2. The highest BCUT2D eigenvalue weighted by molar-refractivity contribution is 7.09. The topological polar surface area (TPSA) is 72.6 Å². The number of carbonyl (C=O) groups is 1. The summed E-state index contributed by atoms with van der Waals surface area (Å²) < 4.78 is 39.7. The van der Waals surface area contributed by atoms with E-state index >= 15 is 0 Å². The highest BCUT2D eigenvalue weighted by Gasteiger charge is 2.35. The van der Waals surface area contributed by atoms with Crippen LogP contribution in [-0.4, -0.2) is 44.9 Å². The molecule has 7 nitrogen and oxygen atoms in total. The number of aromatic nitrogens is 3. The minimum absolute atomic E-state index is 0.169. The average Bonchev–Trinajstić information content (AvgIpc) is 3.46. The molecule has 1 fully saturated rings. The molecule has 11 heteroatoms. The molecule has 4 rings (SSSR count). The van der Waals surface area contributed by atoms with E-state index in [1.54, 1.807) is 22.5 Å². The van der Waals surface area contributed by atoms with Crippen molar-refractivity contribution in [3.8, 4) is 0 Å². The zero-order valence-electron chi connectivity index (χ0n) is 19.4. The van der Waals surface area contributed by atoms with Crippen LogP contribution in [0.3, 0.4) is 0 Å². The van der Waals surface area contributed by atoms with E-state index in [2.05, 4.69) is 15.2 Å². The van der Waals surface area contributed by atoms with Crippen LogP contribution in [0.25, 0.3) is 0 Å². The fourth-order valence-electron chi connectivity index (χ4n) is 3.92. The summed E-state index contributed by atoms with van der Waals surface area (Å²) >= 11 is 1.55. The Morgan fingerprint density at radius 3 is 2.66 bits per heavy atom. The van der Waals surface area contributed by atoms with Gasteiger partial charge in [0, 0.05) is 30.1 Å². The number of hydrogen-bond acceptors (Lipinski definition) is 6. The second-order valence-corrected chi connectivity index (χ2v) is 9.37. The van der Waals surface area contributed by atoms with Crippen molar-refractivity contribution in [3.05, 3.63) is 69.4 Å². The molecule has 0 bridgehead atoms. The van der Waals surface area contributed by atoms with E-state index in [9.17, 15) is 18.0 Å². The van der Waals surface area contributed by atoms with E-state index in [0.29, 0.717) is 18.8 Å². The number of thiazole rings is 1. The normalized spacial score (nSPS) is 16.1. The Morgan fingerprint density at radius 2 is 2.00 bits per heavy atom. The summed E-state index contributed by atoms with van der Waals surface area (Å²) in [5.41, 5.74) is 1.08. The zero-order chi connectivity index (χ0) is 25.0. The Hall–Kier alpha value is -3.21. The Balaban J connectivity index is 1.27. The highest BCUT2D eigenvalue weighted by atomic mass is 32.1. The Morgan fingerprint density at radius 1 is 1.29 bits per heavy atom. The van der Waals surface area contributed by atoms with Crippen molar-refractivity contribution in [2.24, 2.45) is 5.16 Å². The fourth-order valence-corrected chi connectivity index (χ4v) is 4.86. The lowest BCUT2D eigenvalue weighted by Crippen LogP contribution is -2.40. The number of rotatable bonds is 7. The van der Waals surface area contributed by atoms with Gasteiger partial charge in [-0.1, -0.05) is 35.5 Å². The van der Waals surface area contributed by atoms with Crippen LogP contribution in [0.5, 0.6) is 0 Å².